The lowest BCUT2D eigenvalue weighted by molar-refractivity contribution is 0.0980. The standard InChI is InChI=1S/C30H32ClN7O2S/c1-15-10-19(17(3)33-23-8-9-24(31)34-27(23)28(39)36-41-5)26-20(11-15)29(40)37(4)30(35-26)38-13-21-22(14-38)25(21)18-7-6-16(2)32-12-18/h6-12,17,21-22,25,33H,13-14H2,1-5H3,(H,36,39). The summed E-state index contributed by atoms with van der Waals surface area (Å²) in [5.41, 5.74) is 5.49. The Bertz CT molecular complexity index is 1710. The van der Waals surface area contributed by atoms with Crippen molar-refractivity contribution in [2.75, 3.05) is 29.6 Å². The minimum Gasteiger partial charge on any atom is -0.377 e. The van der Waals surface area contributed by atoms with Crippen molar-refractivity contribution < 1.29 is 4.79 Å². The van der Waals surface area contributed by atoms with Crippen molar-refractivity contribution in [1.82, 2.24) is 24.2 Å². The predicted molar refractivity (Wildman–Crippen MR) is 165 cm³/mol. The van der Waals surface area contributed by atoms with E-state index in [4.69, 9.17) is 16.6 Å². The average molecular weight is 590 g/mol. The molecule has 3 unspecified atom stereocenters. The number of benzene rings is 1. The van der Waals surface area contributed by atoms with Gasteiger partial charge in [0.25, 0.3) is 11.5 Å². The zero-order valence-corrected chi connectivity index (χ0v) is 25.2. The van der Waals surface area contributed by atoms with E-state index in [2.05, 4.69) is 37.0 Å². The fraction of sp³-hybridized carbons (Fsp3) is 0.367. The third-order valence-corrected chi connectivity index (χ3v) is 8.84. The summed E-state index contributed by atoms with van der Waals surface area (Å²) in [6.07, 6.45) is 3.77. The van der Waals surface area contributed by atoms with Gasteiger partial charge in [-0.15, -0.1) is 0 Å². The van der Waals surface area contributed by atoms with Crippen LogP contribution in [0.15, 0.2) is 47.4 Å². The van der Waals surface area contributed by atoms with Crippen LogP contribution in [0.3, 0.4) is 0 Å². The molecule has 2 aliphatic rings. The topological polar surface area (TPSA) is 105 Å². The summed E-state index contributed by atoms with van der Waals surface area (Å²) in [5, 5.41) is 4.22. The van der Waals surface area contributed by atoms with E-state index >= 15 is 0 Å². The summed E-state index contributed by atoms with van der Waals surface area (Å²) < 4.78 is 4.38. The van der Waals surface area contributed by atoms with Crippen molar-refractivity contribution in [3.8, 4) is 0 Å². The molecule has 9 nitrogen and oxygen atoms in total. The molecule has 3 aromatic heterocycles. The molecule has 3 atom stereocenters. The lowest BCUT2D eigenvalue weighted by Crippen LogP contribution is -2.32. The number of rotatable bonds is 7. The molecule has 41 heavy (non-hydrogen) atoms. The number of nitrogens with one attached hydrogen (secondary N) is 2. The van der Waals surface area contributed by atoms with Gasteiger partial charge in [0, 0.05) is 43.8 Å². The number of pyridine rings is 2. The fourth-order valence-corrected chi connectivity index (χ4v) is 6.62. The predicted octanol–water partition coefficient (Wildman–Crippen LogP) is 5.02. The van der Waals surface area contributed by atoms with E-state index in [-0.39, 0.29) is 28.4 Å². The highest BCUT2D eigenvalue weighted by Crippen LogP contribution is 2.58. The van der Waals surface area contributed by atoms with Crippen LogP contribution in [0.4, 0.5) is 11.6 Å². The molecular formula is C30H32ClN7O2S. The van der Waals surface area contributed by atoms with E-state index in [1.54, 1.807) is 30.0 Å². The minimum atomic E-state index is -0.342. The van der Waals surface area contributed by atoms with Gasteiger partial charge in [-0.3, -0.25) is 23.9 Å². The van der Waals surface area contributed by atoms with Crippen LogP contribution in [-0.2, 0) is 7.05 Å². The molecule has 212 valence electrons. The molecule has 4 heterocycles. The quantitative estimate of drug-likeness (QED) is 0.229. The Hall–Kier alpha value is -3.63. The average Bonchev–Trinajstić information content (AvgIpc) is 3.44. The van der Waals surface area contributed by atoms with Crippen molar-refractivity contribution in [3.05, 3.63) is 86.2 Å². The number of aromatic nitrogens is 4. The number of carbonyl (C=O) groups is 1. The summed E-state index contributed by atoms with van der Waals surface area (Å²) in [7, 11) is 1.80. The first-order chi connectivity index (χ1) is 19.7. The highest BCUT2D eigenvalue weighted by Gasteiger charge is 2.56. The number of aryl methyl sites for hydroxylation is 2. The first-order valence-electron chi connectivity index (χ1n) is 13.6. The van der Waals surface area contributed by atoms with E-state index < -0.39 is 0 Å². The first kappa shape index (κ1) is 27.5. The minimum absolute atomic E-state index is 0.0739. The normalized spacial score (nSPS) is 20.1. The van der Waals surface area contributed by atoms with E-state index in [9.17, 15) is 9.59 Å². The second kappa shape index (κ2) is 10.6. The Labute approximate surface area is 247 Å². The molecule has 4 aromatic rings. The van der Waals surface area contributed by atoms with Gasteiger partial charge in [0.2, 0.25) is 5.95 Å². The van der Waals surface area contributed by atoms with E-state index in [1.165, 1.54) is 17.5 Å². The molecule has 2 fully saturated rings. The fourth-order valence-electron chi connectivity index (χ4n) is 6.19. The third kappa shape index (κ3) is 5.04. The number of anilines is 2. The van der Waals surface area contributed by atoms with Crippen LogP contribution in [0.2, 0.25) is 5.15 Å². The lowest BCUT2D eigenvalue weighted by atomic mass is 10.0. The molecule has 2 N–H and O–H groups in total. The van der Waals surface area contributed by atoms with Crippen LogP contribution in [0.25, 0.3) is 10.9 Å². The summed E-state index contributed by atoms with van der Waals surface area (Å²) in [4.78, 5) is 42.4. The number of fused-ring (bicyclic) bond motifs is 2. The SMILES string of the molecule is CSNC(=O)c1nc(Cl)ccc1NC(C)c1cc(C)cc2c(=O)n(C)c(N3CC4C(C3)C4c3ccc(C)nc3)nc12. The van der Waals surface area contributed by atoms with Crippen LogP contribution in [-0.4, -0.2) is 44.8 Å². The van der Waals surface area contributed by atoms with Gasteiger partial charge in [-0.25, -0.2) is 9.97 Å². The number of hydrogen-bond acceptors (Lipinski definition) is 8. The van der Waals surface area contributed by atoms with Crippen molar-refractivity contribution in [3.63, 3.8) is 0 Å². The van der Waals surface area contributed by atoms with E-state index in [0.717, 1.165) is 29.9 Å². The Balaban J connectivity index is 1.32. The van der Waals surface area contributed by atoms with Crippen LogP contribution < -0.4 is 20.5 Å². The zero-order valence-electron chi connectivity index (χ0n) is 23.6. The number of halogens is 1. The van der Waals surface area contributed by atoms with Gasteiger partial charge in [-0.05, 0) is 73.9 Å². The summed E-state index contributed by atoms with van der Waals surface area (Å²) in [6, 6.07) is 11.3. The molecule has 6 rings (SSSR count). The van der Waals surface area contributed by atoms with Gasteiger partial charge >= 0.3 is 0 Å². The van der Waals surface area contributed by atoms with Gasteiger partial charge in [0.1, 0.15) is 5.15 Å². The molecule has 0 spiro atoms. The van der Waals surface area contributed by atoms with Crippen LogP contribution in [0.5, 0.6) is 0 Å². The largest absolute Gasteiger partial charge is 0.377 e. The molecule has 1 aliphatic heterocycles. The molecule has 1 saturated heterocycles. The molecule has 1 amide bonds. The van der Waals surface area contributed by atoms with Gasteiger partial charge in [0.05, 0.1) is 22.6 Å². The lowest BCUT2D eigenvalue weighted by Gasteiger charge is -2.25. The molecular weight excluding hydrogens is 558 g/mol. The number of carbonyl (C=O) groups excluding carboxylic acids is 1. The Morgan fingerprint density at radius 1 is 1.12 bits per heavy atom. The summed E-state index contributed by atoms with van der Waals surface area (Å²) >= 11 is 7.30. The molecule has 1 aliphatic carbocycles. The van der Waals surface area contributed by atoms with Crippen molar-refractivity contribution in [2.24, 2.45) is 18.9 Å². The maximum atomic E-state index is 13.6. The van der Waals surface area contributed by atoms with Crippen molar-refractivity contribution >= 4 is 52.0 Å². The molecule has 1 aromatic carbocycles. The van der Waals surface area contributed by atoms with Gasteiger partial charge in [-0.1, -0.05) is 35.7 Å². The molecule has 0 bridgehead atoms. The van der Waals surface area contributed by atoms with Gasteiger partial charge < -0.3 is 10.2 Å². The molecule has 11 heteroatoms. The zero-order chi connectivity index (χ0) is 29.0. The smallest absolute Gasteiger partial charge is 0.281 e. The van der Waals surface area contributed by atoms with Crippen molar-refractivity contribution in [1.29, 1.82) is 0 Å². The monoisotopic (exact) mass is 589 g/mol. The van der Waals surface area contributed by atoms with Gasteiger partial charge in [-0.2, -0.15) is 0 Å². The second-order valence-corrected chi connectivity index (χ2v) is 12.0. The van der Waals surface area contributed by atoms with E-state index in [1.807, 2.05) is 39.1 Å². The maximum Gasteiger partial charge on any atom is 0.281 e. The highest BCUT2D eigenvalue weighted by atomic mass is 35.5. The summed E-state index contributed by atoms with van der Waals surface area (Å²) in [5.74, 6) is 1.93. The first-order valence-corrected chi connectivity index (χ1v) is 15.2. The van der Waals surface area contributed by atoms with Gasteiger partial charge in [0.15, 0.2) is 5.69 Å². The number of amides is 1. The van der Waals surface area contributed by atoms with Crippen LogP contribution in [0, 0.1) is 25.7 Å². The van der Waals surface area contributed by atoms with Crippen LogP contribution >= 0.6 is 23.5 Å². The number of nitrogens with zero attached hydrogens (tertiary/aromatic N) is 5. The summed E-state index contributed by atoms with van der Waals surface area (Å²) in [6.45, 7) is 7.68. The van der Waals surface area contributed by atoms with Crippen LogP contribution in [0.1, 0.15) is 51.8 Å². The Morgan fingerprint density at radius 2 is 1.88 bits per heavy atom. The molecule has 1 saturated carbocycles. The third-order valence-electron chi connectivity index (χ3n) is 8.24. The Kier molecular flexibility index (Phi) is 7.15. The maximum absolute atomic E-state index is 13.6. The number of piperidine rings is 1. The van der Waals surface area contributed by atoms with E-state index in [0.29, 0.717) is 40.3 Å². The second-order valence-electron chi connectivity index (χ2n) is 11.0. The Morgan fingerprint density at radius 3 is 2.56 bits per heavy atom. The number of hydrogen-bond donors (Lipinski definition) is 2. The van der Waals surface area contributed by atoms with Crippen molar-refractivity contribution in [2.45, 2.75) is 32.7 Å². The highest BCUT2D eigenvalue weighted by molar-refractivity contribution is 7.97. The molecule has 0 radical (unpaired) electrons.